The summed E-state index contributed by atoms with van der Waals surface area (Å²) in [6.07, 6.45) is 0.441. The Hall–Kier alpha value is -1.63. The van der Waals surface area contributed by atoms with Gasteiger partial charge in [0.15, 0.2) is 0 Å². The maximum atomic E-state index is 11.3. The van der Waals surface area contributed by atoms with Gasteiger partial charge in [-0.15, -0.1) is 0 Å². The second-order valence-electron chi connectivity index (χ2n) is 3.39. The van der Waals surface area contributed by atoms with Crippen molar-refractivity contribution in [1.29, 1.82) is 0 Å². The lowest BCUT2D eigenvalue weighted by molar-refractivity contribution is -0.147. The highest BCUT2D eigenvalue weighted by atomic mass is 16.4. The molecule has 2 atom stereocenters. The van der Waals surface area contributed by atoms with Crippen LogP contribution in [-0.2, 0) is 14.4 Å². The number of nitrogens with one attached hydrogen (secondary N) is 1. The molecule has 92 valence electrons. The summed E-state index contributed by atoms with van der Waals surface area (Å²) in [4.78, 5) is 32.3. The molecule has 0 aliphatic carbocycles. The fourth-order valence-electron chi connectivity index (χ4n) is 1.10. The van der Waals surface area contributed by atoms with Crippen molar-refractivity contribution < 1.29 is 24.6 Å². The number of hydrogen-bond acceptors (Lipinski definition) is 4. The SMILES string of the molecule is CCC[C@H](N)C(=O)N[C@H](CC(=O)O)C(=O)O. The van der Waals surface area contributed by atoms with E-state index in [1.54, 1.807) is 0 Å². The lowest BCUT2D eigenvalue weighted by Crippen LogP contribution is -2.49. The van der Waals surface area contributed by atoms with Crippen molar-refractivity contribution in [3.05, 3.63) is 0 Å². The molecule has 0 saturated heterocycles. The van der Waals surface area contributed by atoms with Gasteiger partial charge in [-0.3, -0.25) is 9.59 Å². The first-order valence-electron chi connectivity index (χ1n) is 4.89. The molecule has 0 spiro atoms. The Bertz CT molecular complexity index is 279. The monoisotopic (exact) mass is 232 g/mol. The lowest BCUT2D eigenvalue weighted by Gasteiger charge is -2.15. The van der Waals surface area contributed by atoms with E-state index in [4.69, 9.17) is 15.9 Å². The number of nitrogens with two attached hydrogens (primary N) is 1. The third-order valence-corrected chi connectivity index (χ3v) is 1.93. The first-order chi connectivity index (χ1) is 7.38. The van der Waals surface area contributed by atoms with Gasteiger partial charge in [-0.25, -0.2) is 4.79 Å². The van der Waals surface area contributed by atoms with Crippen molar-refractivity contribution in [3.8, 4) is 0 Å². The summed E-state index contributed by atoms with van der Waals surface area (Å²) in [6.45, 7) is 1.83. The number of amides is 1. The standard InChI is InChI=1S/C9H16N2O5/c1-2-3-5(10)8(14)11-6(9(15)16)4-7(12)13/h5-6H,2-4,10H2,1H3,(H,11,14)(H,12,13)(H,15,16)/t5-,6+/m0/s1. The van der Waals surface area contributed by atoms with E-state index in [-0.39, 0.29) is 0 Å². The summed E-state index contributed by atoms with van der Waals surface area (Å²) in [7, 11) is 0. The van der Waals surface area contributed by atoms with E-state index in [9.17, 15) is 14.4 Å². The zero-order valence-corrected chi connectivity index (χ0v) is 8.97. The highest BCUT2D eigenvalue weighted by Gasteiger charge is 2.25. The predicted octanol–water partition coefficient (Wildman–Crippen LogP) is -0.842. The van der Waals surface area contributed by atoms with Crippen LogP contribution >= 0.6 is 0 Å². The Morgan fingerprint density at radius 2 is 1.88 bits per heavy atom. The Kier molecular flexibility index (Phi) is 6.09. The van der Waals surface area contributed by atoms with Crippen LogP contribution in [0, 0.1) is 0 Å². The summed E-state index contributed by atoms with van der Waals surface area (Å²) >= 11 is 0. The number of carbonyl (C=O) groups excluding carboxylic acids is 1. The highest BCUT2D eigenvalue weighted by Crippen LogP contribution is 1.97. The third kappa shape index (κ3) is 5.30. The van der Waals surface area contributed by atoms with E-state index in [1.807, 2.05) is 6.92 Å². The maximum absolute atomic E-state index is 11.3. The zero-order chi connectivity index (χ0) is 12.7. The van der Waals surface area contributed by atoms with Crippen molar-refractivity contribution in [2.75, 3.05) is 0 Å². The number of aliphatic carboxylic acids is 2. The molecule has 1 amide bonds. The number of hydrogen-bond donors (Lipinski definition) is 4. The molecule has 16 heavy (non-hydrogen) atoms. The maximum Gasteiger partial charge on any atom is 0.326 e. The summed E-state index contributed by atoms with van der Waals surface area (Å²) in [5.74, 6) is -3.33. The van der Waals surface area contributed by atoms with Crippen LogP contribution in [0.1, 0.15) is 26.2 Å². The molecule has 5 N–H and O–H groups in total. The van der Waals surface area contributed by atoms with Gasteiger partial charge in [-0.2, -0.15) is 0 Å². The van der Waals surface area contributed by atoms with Crippen LogP contribution in [0.25, 0.3) is 0 Å². The molecule has 7 heteroatoms. The van der Waals surface area contributed by atoms with Crippen LogP contribution in [0.15, 0.2) is 0 Å². The topological polar surface area (TPSA) is 130 Å². The smallest absolute Gasteiger partial charge is 0.326 e. The van der Waals surface area contributed by atoms with Gasteiger partial charge in [0.1, 0.15) is 6.04 Å². The van der Waals surface area contributed by atoms with Crippen molar-refractivity contribution in [3.63, 3.8) is 0 Å². The quantitative estimate of drug-likeness (QED) is 0.452. The molecule has 0 unspecified atom stereocenters. The van der Waals surface area contributed by atoms with E-state index in [1.165, 1.54) is 0 Å². The minimum atomic E-state index is -1.44. The molecule has 0 bridgehead atoms. The minimum Gasteiger partial charge on any atom is -0.481 e. The van der Waals surface area contributed by atoms with Gasteiger partial charge in [-0.1, -0.05) is 13.3 Å². The average Bonchev–Trinajstić information content (AvgIpc) is 2.16. The Balaban J connectivity index is 4.34. The molecule has 0 aliphatic heterocycles. The Morgan fingerprint density at radius 3 is 2.25 bits per heavy atom. The summed E-state index contributed by atoms with van der Waals surface area (Å²) in [5, 5.41) is 19.2. The van der Waals surface area contributed by atoms with Crippen LogP contribution < -0.4 is 11.1 Å². The molecule has 0 aromatic heterocycles. The van der Waals surface area contributed by atoms with Crippen molar-refractivity contribution >= 4 is 17.8 Å². The molecule has 0 heterocycles. The summed E-state index contributed by atoms with van der Waals surface area (Å²) in [5.41, 5.74) is 5.45. The fourth-order valence-corrected chi connectivity index (χ4v) is 1.10. The van der Waals surface area contributed by atoms with Gasteiger partial charge in [0.2, 0.25) is 5.91 Å². The third-order valence-electron chi connectivity index (χ3n) is 1.93. The zero-order valence-electron chi connectivity index (χ0n) is 8.97. The van der Waals surface area contributed by atoms with E-state index in [2.05, 4.69) is 5.32 Å². The molecule has 0 saturated carbocycles. The van der Waals surface area contributed by atoms with Gasteiger partial charge in [0, 0.05) is 0 Å². The van der Waals surface area contributed by atoms with E-state index < -0.39 is 36.4 Å². The Morgan fingerprint density at radius 1 is 1.31 bits per heavy atom. The van der Waals surface area contributed by atoms with Gasteiger partial charge >= 0.3 is 11.9 Å². The van der Waals surface area contributed by atoms with Crippen molar-refractivity contribution in [2.45, 2.75) is 38.3 Å². The molecule has 0 aliphatic rings. The number of rotatable bonds is 7. The molecular weight excluding hydrogens is 216 g/mol. The highest BCUT2D eigenvalue weighted by molar-refractivity contribution is 5.88. The lowest BCUT2D eigenvalue weighted by atomic mass is 10.1. The number of carboxylic acid groups (broad SMARTS) is 2. The van der Waals surface area contributed by atoms with Crippen LogP contribution in [0.5, 0.6) is 0 Å². The molecule has 0 radical (unpaired) electrons. The van der Waals surface area contributed by atoms with E-state index in [0.29, 0.717) is 12.8 Å². The number of carbonyl (C=O) groups is 3. The van der Waals surface area contributed by atoms with Crippen LogP contribution in [0.2, 0.25) is 0 Å². The Labute approximate surface area is 92.6 Å². The average molecular weight is 232 g/mol. The summed E-state index contributed by atoms with van der Waals surface area (Å²) < 4.78 is 0. The molecule has 7 nitrogen and oxygen atoms in total. The van der Waals surface area contributed by atoms with E-state index in [0.717, 1.165) is 0 Å². The second kappa shape index (κ2) is 6.78. The van der Waals surface area contributed by atoms with Gasteiger partial charge in [0.25, 0.3) is 0 Å². The normalized spacial score (nSPS) is 13.9. The fraction of sp³-hybridized carbons (Fsp3) is 0.667. The predicted molar refractivity (Wildman–Crippen MR) is 54.7 cm³/mol. The van der Waals surface area contributed by atoms with Crippen LogP contribution in [0.3, 0.4) is 0 Å². The van der Waals surface area contributed by atoms with Crippen LogP contribution in [-0.4, -0.2) is 40.1 Å². The first-order valence-corrected chi connectivity index (χ1v) is 4.89. The van der Waals surface area contributed by atoms with Gasteiger partial charge < -0.3 is 21.3 Å². The van der Waals surface area contributed by atoms with Crippen molar-refractivity contribution in [1.82, 2.24) is 5.32 Å². The van der Waals surface area contributed by atoms with Gasteiger partial charge in [-0.05, 0) is 6.42 Å². The van der Waals surface area contributed by atoms with Crippen molar-refractivity contribution in [2.24, 2.45) is 5.73 Å². The van der Waals surface area contributed by atoms with Gasteiger partial charge in [0.05, 0.1) is 12.5 Å². The molecular formula is C9H16N2O5. The largest absolute Gasteiger partial charge is 0.481 e. The van der Waals surface area contributed by atoms with E-state index >= 15 is 0 Å². The summed E-state index contributed by atoms with van der Waals surface area (Å²) in [6, 6.07) is -2.24. The first kappa shape index (κ1) is 14.4. The minimum absolute atomic E-state index is 0.422. The molecule has 0 fully saturated rings. The molecule has 0 aromatic carbocycles. The molecule has 0 rings (SSSR count). The van der Waals surface area contributed by atoms with Crippen LogP contribution in [0.4, 0.5) is 0 Å². The number of carboxylic acids is 2. The molecule has 0 aromatic rings. The second-order valence-corrected chi connectivity index (χ2v) is 3.39.